The Bertz CT molecular complexity index is 764. The minimum atomic E-state index is 0.279. The van der Waals surface area contributed by atoms with Gasteiger partial charge in [0.2, 0.25) is 0 Å². The summed E-state index contributed by atoms with van der Waals surface area (Å²) >= 11 is 1.73. The largest absolute Gasteiger partial charge is 0.313 e. The van der Waals surface area contributed by atoms with Crippen molar-refractivity contribution in [1.29, 1.82) is 0 Å². The van der Waals surface area contributed by atoms with Crippen molar-refractivity contribution in [3.05, 3.63) is 57.7 Å². The second kappa shape index (κ2) is 5.92. The first-order valence-corrected chi connectivity index (χ1v) is 7.99. The van der Waals surface area contributed by atoms with E-state index in [1.54, 1.807) is 11.3 Å². The minimum absolute atomic E-state index is 0.279. The van der Waals surface area contributed by atoms with Crippen LogP contribution in [0.25, 0.3) is 10.9 Å². The van der Waals surface area contributed by atoms with Crippen molar-refractivity contribution in [2.45, 2.75) is 26.3 Å². The summed E-state index contributed by atoms with van der Waals surface area (Å²) in [6, 6.07) is 11.0. The third-order valence-electron chi connectivity index (χ3n) is 3.65. The summed E-state index contributed by atoms with van der Waals surface area (Å²) in [6.45, 7) is 4.06. The van der Waals surface area contributed by atoms with Gasteiger partial charge in [0.15, 0.2) is 0 Å². The molecule has 3 nitrogen and oxygen atoms in total. The Morgan fingerprint density at radius 2 is 1.95 bits per heavy atom. The lowest BCUT2D eigenvalue weighted by atomic mass is 10.0. The quantitative estimate of drug-likeness (QED) is 0.795. The van der Waals surface area contributed by atoms with Gasteiger partial charge in [-0.25, -0.2) is 4.98 Å². The van der Waals surface area contributed by atoms with E-state index in [4.69, 9.17) is 0 Å². The first-order chi connectivity index (χ1) is 10.2. The van der Waals surface area contributed by atoms with Crippen LogP contribution in [0.2, 0.25) is 0 Å². The standard InChI is InChI=1S/C17H19N3S/c1-11-4-5-13-8-14(6-7-15(13)19-11)16(18-3)9-17-20-12(2)10-21-17/h4-8,10,16,18H,9H2,1-3H3. The molecule has 1 unspecified atom stereocenters. The van der Waals surface area contributed by atoms with Crippen LogP contribution in [0.3, 0.4) is 0 Å². The summed E-state index contributed by atoms with van der Waals surface area (Å²) in [7, 11) is 2.00. The van der Waals surface area contributed by atoms with Gasteiger partial charge in [-0.2, -0.15) is 0 Å². The average molecular weight is 297 g/mol. The Balaban J connectivity index is 1.91. The van der Waals surface area contributed by atoms with Crippen molar-refractivity contribution < 1.29 is 0 Å². The summed E-state index contributed by atoms with van der Waals surface area (Å²) in [5.41, 5.74) is 4.49. The van der Waals surface area contributed by atoms with Gasteiger partial charge in [-0.3, -0.25) is 4.98 Å². The highest BCUT2D eigenvalue weighted by atomic mass is 32.1. The average Bonchev–Trinajstić information content (AvgIpc) is 2.89. The van der Waals surface area contributed by atoms with Crippen LogP contribution < -0.4 is 5.32 Å². The van der Waals surface area contributed by atoms with Crippen molar-refractivity contribution in [1.82, 2.24) is 15.3 Å². The Labute approximate surface area is 129 Å². The van der Waals surface area contributed by atoms with Crippen molar-refractivity contribution >= 4 is 22.2 Å². The van der Waals surface area contributed by atoms with Crippen LogP contribution in [0.5, 0.6) is 0 Å². The Kier molecular flexibility index (Phi) is 3.99. The number of aryl methyl sites for hydroxylation is 2. The van der Waals surface area contributed by atoms with Gasteiger partial charge in [-0.15, -0.1) is 11.3 Å². The van der Waals surface area contributed by atoms with Gasteiger partial charge in [0.05, 0.1) is 10.5 Å². The third-order valence-corrected chi connectivity index (χ3v) is 4.64. The predicted molar refractivity (Wildman–Crippen MR) is 88.8 cm³/mol. The number of hydrogen-bond acceptors (Lipinski definition) is 4. The number of nitrogens with one attached hydrogen (secondary N) is 1. The lowest BCUT2D eigenvalue weighted by Gasteiger charge is -2.16. The van der Waals surface area contributed by atoms with Crippen LogP contribution >= 0.6 is 11.3 Å². The third kappa shape index (κ3) is 3.12. The van der Waals surface area contributed by atoms with Crippen molar-refractivity contribution in [3.8, 4) is 0 Å². The monoisotopic (exact) mass is 297 g/mol. The molecule has 108 valence electrons. The topological polar surface area (TPSA) is 37.8 Å². The van der Waals surface area contributed by atoms with E-state index < -0.39 is 0 Å². The SMILES string of the molecule is CNC(Cc1nc(C)cs1)c1ccc2nc(C)ccc2c1. The van der Waals surface area contributed by atoms with E-state index in [9.17, 15) is 0 Å². The molecule has 0 spiro atoms. The second-order valence-electron chi connectivity index (χ2n) is 5.33. The summed E-state index contributed by atoms with van der Waals surface area (Å²) in [5.74, 6) is 0. The van der Waals surface area contributed by atoms with Gasteiger partial charge in [-0.1, -0.05) is 12.1 Å². The van der Waals surface area contributed by atoms with E-state index in [-0.39, 0.29) is 6.04 Å². The van der Waals surface area contributed by atoms with Gasteiger partial charge < -0.3 is 5.32 Å². The molecule has 1 atom stereocenters. The van der Waals surface area contributed by atoms with Crippen LogP contribution in [-0.4, -0.2) is 17.0 Å². The molecule has 2 aromatic heterocycles. The molecule has 0 amide bonds. The zero-order chi connectivity index (χ0) is 14.8. The minimum Gasteiger partial charge on any atom is -0.313 e. The van der Waals surface area contributed by atoms with Crippen LogP contribution in [0, 0.1) is 13.8 Å². The maximum atomic E-state index is 4.56. The summed E-state index contributed by atoms with van der Waals surface area (Å²) < 4.78 is 0. The number of thiazole rings is 1. The molecule has 0 saturated heterocycles. The fourth-order valence-corrected chi connectivity index (χ4v) is 3.34. The highest BCUT2D eigenvalue weighted by molar-refractivity contribution is 7.09. The number of rotatable bonds is 4. The maximum absolute atomic E-state index is 4.56. The lowest BCUT2D eigenvalue weighted by Crippen LogP contribution is -2.18. The normalized spacial score (nSPS) is 12.7. The first kappa shape index (κ1) is 14.2. The fraction of sp³-hybridized carbons (Fsp3) is 0.294. The Morgan fingerprint density at radius 3 is 2.67 bits per heavy atom. The summed E-state index contributed by atoms with van der Waals surface area (Å²) in [6.07, 6.45) is 0.916. The number of likely N-dealkylation sites (N-methyl/N-ethyl adjacent to an activating group) is 1. The molecule has 0 aliphatic heterocycles. The van der Waals surface area contributed by atoms with Crippen LogP contribution in [0.15, 0.2) is 35.7 Å². The Hall–Kier alpha value is -1.78. The number of hydrogen-bond donors (Lipinski definition) is 1. The van der Waals surface area contributed by atoms with Crippen molar-refractivity contribution in [2.24, 2.45) is 0 Å². The van der Waals surface area contributed by atoms with Gasteiger partial charge in [0, 0.05) is 34.6 Å². The Morgan fingerprint density at radius 1 is 1.10 bits per heavy atom. The van der Waals surface area contributed by atoms with Gasteiger partial charge in [0.1, 0.15) is 0 Å². The first-order valence-electron chi connectivity index (χ1n) is 7.11. The van der Waals surface area contributed by atoms with E-state index in [2.05, 4.69) is 51.0 Å². The van der Waals surface area contributed by atoms with E-state index in [1.165, 1.54) is 16.0 Å². The smallest absolute Gasteiger partial charge is 0.0947 e. The van der Waals surface area contributed by atoms with Crippen molar-refractivity contribution in [3.63, 3.8) is 0 Å². The van der Waals surface area contributed by atoms with E-state index >= 15 is 0 Å². The van der Waals surface area contributed by atoms with E-state index in [1.807, 2.05) is 20.9 Å². The maximum Gasteiger partial charge on any atom is 0.0947 e. The molecule has 0 radical (unpaired) electrons. The molecule has 0 saturated carbocycles. The number of pyridine rings is 1. The van der Waals surface area contributed by atoms with Crippen LogP contribution in [0.4, 0.5) is 0 Å². The molecule has 21 heavy (non-hydrogen) atoms. The molecular weight excluding hydrogens is 278 g/mol. The van der Waals surface area contributed by atoms with E-state index in [0.717, 1.165) is 23.3 Å². The number of aromatic nitrogens is 2. The zero-order valence-corrected chi connectivity index (χ0v) is 13.4. The molecule has 0 bridgehead atoms. The number of nitrogens with zero attached hydrogens (tertiary/aromatic N) is 2. The lowest BCUT2D eigenvalue weighted by molar-refractivity contribution is 0.590. The molecule has 0 aliphatic carbocycles. The molecule has 2 heterocycles. The molecule has 1 N–H and O–H groups in total. The van der Waals surface area contributed by atoms with Gasteiger partial charge in [0.25, 0.3) is 0 Å². The molecule has 1 aromatic carbocycles. The second-order valence-corrected chi connectivity index (χ2v) is 6.28. The molecule has 0 fully saturated rings. The van der Waals surface area contributed by atoms with Gasteiger partial charge >= 0.3 is 0 Å². The van der Waals surface area contributed by atoms with Crippen LogP contribution in [-0.2, 0) is 6.42 Å². The number of fused-ring (bicyclic) bond motifs is 1. The molecule has 3 rings (SSSR count). The van der Waals surface area contributed by atoms with Gasteiger partial charge in [-0.05, 0) is 44.7 Å². The molecule has 3 aromatic rings. The summed E-state index contributed by atoms with van der Waals surface area (Å²) in [4.78, 5) is 9.12. The summed E-state index contributed by atoms with van der Waals surface area (Å²) in [5, 5.41) is 7.87. The van der Waals surface area contributed by atoms with E-state index in [0.29, 0.717) is 0 Å². The molecule has 4 heteroatoms. The van der Waals surface area contributed by atoms with Crippen molar-refractivity contribution in [2.75, 3.05) is 7.05 Å². The molecule has 0 aliphatic rings. The zero-order valence-electron chi connectivity index (χ0n) is 12.6. The fourth-order valence-electron chi connectivity index (χ4n) is 2.52. The highest BCUT2D eigenvalue weighted by Crippen LogP contribution is 2.23. The molecular formula is C17H19N3S. The predicted octanol–water partition coefficient (Wildman–Crippen LogP) is 3.81. The number of benzene rings is 1. The van der Waals surface area contributed by atoms with Crippen LogP contribution in [0.1, 0.15) is 28.0 Å². The highest BCUT2D eigenvalue weighted by Gasteiger charge is 2.13.